The number of anilines is 3. The van der Waals surface area contributed by atoms with Crippen LogP contribution in [0.1, 0.15) is 22.5 Å². The lowest BCUT2D eigenvalue weighted by Gasteiger charge is -2.21. The van der Waals surface area contributed by atoms with Crippen molar-refractivity contribution < 1.29 is 4.79 Å². The number of hydrogen-bond donors (Lipinski definition) is 3. The van der Waals surface area contributed by atoms with Gasteiger partial charge in [0.1, 0.15) is 23.5 Å². The Hall–Kier alpha value is -4.06. The first-order chi connectivity index (χ1) is 13.8. The summed E-state index contributed by atoms with van der Waals surface area (Å²) in [6.07, 6.45) is 1.28. The summed E-state index contributed by atoms with van der Waals surface area (Å²) in [5.74, 6) is 6.29. The Morgan fingerprint density at radius 1 is 1.14 bits per heavy atom. The zero-order chi connectivity index (χ0) is 21.0. The molecule has 0 atom stereocenters. The number of carbonyl (C=O) groups excluding carboxylic acids is 1. The third-order valence-corrected chi connectivity index (χ3v) is 4.30. The zero-order valence-electron chi connectivity index (χ0n) is 16.3. The topological polar surface area (TPSA) is 142 Å². The molecule has 3 rings (SSSR count). The first-order valence-corrected chi connectivity index (χ1v) is 8.91. The molecule has 0 saturated heterocycles. The lowest BCUT2D eigenvalue weighted by molar-refractivity contribution is 0.253. The van der Waals surface area contributed by atoms with Gasteiger partial charge < -0.3 is 17.2 Å². The second kappa shape index (κ2) is 8.31. The summed E-state index contributed by atoms with van der Waals surface area (Å²) in [4.78, 5) is 21.3. The number of primary amides is 1. The van der Waals surface area contributed by atoms with Crippen molar-refractivity contribution >= 4 is 23.4 Å². The van der Waals surface area contributed by atoms with Crippen LogP contribution >= 0.6 is 0 Å². The maximum atomic E-state index is 12.0. The SMILES string of the molecule is Cc1cc(C)n(CCN(C(N)=O)c2cccc(C#Cc3c(N)ncnc3N)c2)n1. The van der Waals surface area contributed by atoms with Crippen LogP contribution in [-0.2, 0) is 6.54 Å². The molecule has 9 nitrogen and oxygen atoms in total. The minimum atomic E-state index is -0.554. The van der Waals surface area contributed by atoms with Gasteiger partial charge in [-0.2, -0.15) is 5.10 Å². The summed E-state index contributed by atoms with van der Waals surface area (Å²) in [5.41, 5.74) is 20.8. The van der Waals surface area contributed by atoms with Gasteiger partial charge in [-0.05, 0) is 38.1 Å². The number of nitrogens with two attached hydrogens (primary N) is 3. The van der Waals surface area contributed by atoms with Crippen molar-refractivity contribution in [3.8, 4) is 11.8 Å². The smallest absolute Gasteiger partial charge is 0.319 e. The fraction of sp³-hybridized carbons (Fsp3) is 0.200. The van der Waals surface area contributed by atoms with Crippen LogP contribution in [0, 0.1) is 25.7 Å². The molecule has 2 amide bonds. The van der Waals surface area contributed by atoms with Crippen LogP contribution in [0.25, 0.3) is 0 Å². The molecule has 0 aliphatic carbocycles. The molecule has 2 aromatic heterocycles. The second-order valence-corrected chi connectivity index (χ2v) is 6.46. The average Bonchev–Trinajstić information content (AvgIpc) is 2.99. The highest BCUT2D eigenvalue weighted by Gasteiger charge is 2.14. The van der Waals surface area contributed by atoms with Crippen molar-refractivity contribution in [3.05, 3.63) is 59.2 Å². The van der Waals surface area contributed by atoms with Gasteiger partial charge in [-0.1, -0.05) is 17.9 Å². The first kappa shape index (κ1) is 19.7. The molecule has 0 aliphatic rings. The Bertz CT molecular complexity index is 1090. The van der Waals surface area contributed by atoms with Crippen LogP contribution in [-0.4, -0.2) is 32.3 Å². The number of carbonyl (C=O) groups is 1. The van der Waals surface area contributed by atoms with E-state index in [2.05, 4.69) is 26.9 Å². The zero-order valence-corrected chi connectivity index (χ0v) is 16.3. The maximum Gasteiger partial charge on any atom is 0.319 e. The third kappa shape index (κ3) is 4.62. The number of urea groups is 1. The van der Waals surface area contributed by atoms with E-state index < -0.39 is 6.03 Å². The minimum absolute atomic E-state index is 0.213. The van der Waals surface area contributed by atoms with Gasteiger partial charge in [0.25, 0.3) is 0 Å². The van der Waals surface area contributed by atoms with Gasteiger partial charge >= 0.3 is 6.03 Å². The molecule has 6 N–H and O–H groups in total. The lowest BCUT2D eigenvalue weighted by atomic mass is 10.1. The van der Waals surface area contributed by atoms with Gasteiger partial charge in [0.15, 0.2) is 0 Å². The second-order valence-electron chi connectivity index (χ2n) is 6.46. The number of nitrogens with zero attached hydrogens (tertiary/aromatic N) is 5. The summed E-state index contributed by atoms with van der Waals surface area (Å²) < 4.78 is 1.84. The highest BCUT2D eigenvalue weighted by Crippen LogP contribution is 2.17. The summed E-state index contributed by atoms with van der Waals surface area (Å²) in [6.45, 7) is 4.79. The van der Waals surface area contributed by atoms with E-state index in [-0.39, 0.29) is 11.6 Å². The fourth-order valence-corrected chi connectivity index (χ4v) is 2.89. The summed E-state index contributed by atoms with van der Waals surface area (Å²) in [7, 11) is 0. The largest absolute Gasteiger partial charge is 0.382 e. The van der Waals surface area contributed by atoms with Gasteiger partial charge in [0.2, 0.25) is 0 Å². The Kier molecular flexibility index (Phi) is 5.64. The van der Waals surface area contributed by atoms with Crippen LogP contribution in [0.2, 0.25) is 0 Å². The number of nitrogen functional groups attached to an aromatic ring is 2. The molecule has 1 aromatic carbocycles. The van der Waals surface area contributed by atoms with E-state index >= 15 is 0 Å². The summed E-state index contributed by atoms with van der Waals surface area (Å²) >= 11 is 0. The number of benzene rings is 1. The molecule has 0 spiro atoms. The summed E-state index contributed by atoms with van der Waals surface area (Å²) in [5, 5.41) is 4.41. The van der Waals surface area contributed by atoms with Crippen LogP contribution in [0.4, 0.5) is 22.1 Å². The molecule has 0 fully saturated rings. The summed E-state index contributed by atoms with van der Waals surface area (Å²) in [6, 6.07) is 8.61. The highest BCUT2D eigenvalue weighted by atomic mass is 16.2. The number of aromatic nitrogens is 4. The van der Waals surface area contributed by atoms with Crippen LogP contribution in [0.5, 0.6) is 0 Å². The van der Waals surface area contributed by atoms with Gasteiger partial charge in [-0.15, -0.1) is 0 Å². The predicted octanol–water partition coefficient (Wildman–Crippen LogP) is 1.44. The molecule has 9 heteroatoms. The van der Waals surface area contributed by atoms with E-state index in [4.69, 9.17) is 17.2 Å². The quantitative estimate of drug-likeness (QED) is 0.575. The van der Waals surface area contributed by atoms with Crippen LogP contribution in [0.3, 0.4) is 0 Å². The van der Waals surface area contributed by atoms with E-state index in [1.807, 2.05) is 30.7 Å². The third-order valence-electron chi connectivity index (χ3n) is 4.30. The Morgan fingerprint density at radius 3 is 2.48 bits per heavy atom. The Labute approximate surface area is 168 Å². The van der Waals surface area contributed by atoms with Gasteiger partial charge in [-0.3, -0.25) is 9.58 Å². The Morgan fingerprint density at radius 2 is 1.86 bits per heavy atom. The first-order valence-electron chi connectivity index (χ1n) is 8.91. The molecule has 2 heterocycles. The van der Waals surface area contributed by atoms with Crippen molar-refractivity contribution in [2.24, 2.45) is 5.73 Å². The maximum absolute atomic E-state index is 12.0. The van der Waals surface area contributed by atoms with E-state index in [0.29, 0.717) is 29.9 Å². The van der Waals surface area contributed by atoms with Gasteiger partial charge in [0, 0.05) is 23.5 Å². The highest BCUT2D eigenvalue weighted by molar-refractivity contribution is 5.90. The molecular formula is C20H22N8O. The van der Waals surface area contributed by atoms with Gasteiger partial charge in [0.05, 0.1) is 12.2 Å². The number of hydrogen-bond acceptors (Lipinski definition) is 6. The molecule has 29 heavy (non-hydrogen) atoms. The number of rotatable bonds is 4. The minimum Gasteiger partial charge on any atom is -0.382 e. The van der Waals surface area contributed by atoms with Crippen molar-refractivity contribution in [3.63, 3.8) is 0 Å². The van der Waals surface area contributed by atoms with Gasteiger partial charge in [-0.25, -0.2) is 14.8 Å². The van der Waals surface area contributed by atoms with Crippen LogP contribution < -0.4 is 22.1 Å². The molecule has 0 radical (unpaired) electrons. The van der Waals surface area contributed by atoms with E-state index in [1.165, 1.54) is 11.2 Å². The number of aryl methyl sites for hydroxylation is 2. The van der Waals surface area contributed by atoms with E-state index in [1.54, 1.807) is 18.2 Å². The molecule has 148 valence electrons. The molecular weight excluding hydrogens is 368 g/mol. The van der Waals surface area contributed by atoms with Crippen molar-refractivity contribution in [1.29, 1.82) is 0 Å². The normalized spacial score (nSPS) is 10.3. The van der Waals surface area contributed by atoms with Crippen molar-refractivity contribution in [2.45, 2.75) is 20.4 Å². The van der Waals surface area contributed by atoms with E-state index in [0.717, 1.165) is 11.4 Å². The Balaban J connectivity index is 1.83. The molecule has 0 saturated carbocycles. The predicted molar refractivity (Wildman–Crippen MR) is 112 cm³/mol. The fourth-order valence-electron chi connectivity index (χ4n) is 2.89. The van der Waals surface area contributed by atoms with Crippen LogP contribution in [0.15, 0.2) is 36.7 Å². The molecule has 0 aliphatic heterocycles. The van der Waals surface area contributed by atoms with Crippen molar-refractivity contribution in [2.75, 3.05) is 22.9 Å². The molecule has 0 bridgehead atoms. The van der Waals surface area contributed by atoms with Crippen molar-refractivity contribution in [1.82, 2.24) is 19.7 Å². The monoisotopic (exact) mass is 390 g/mol. The molecule has 0 unspecified atom stereocenters. The standard InChI is InChI=1S/C20H22N8O/c1-13-10-14(2)28(26-13)9-8-27(20(23)29)16-5-3-4-15(11-16)6-7-17-18(21)24-12-25-19(17)22/h3-5,10-12H,8-9H2,1-2H3,(H2,23,29)(H4,21,22,24,25). The van der Waals surface area contributed by atoms with E-state index in [9.17, 15) is 4.79 Å². The molecule has 3 aromatic rings. The lowest BCUT2D eigenvalue weighted by Crippen LogP contribution is -2.38. The number of amides is 2. The average molecular weight is 390 g/mol.